The van der Waals surface area contributed by atoms with Crippen LogP contribution in [0.1, 0.15) is 222 Å². The van der Waals surface area contributed by atoms with E-state index in [9.17, 15) is 74.9 Å². The van der Waals surface area contributed by atoms with Gasteiger partial charge in [0.25, 0.3) is 11.8 Å². The van der Waals surface area contributed by atoms with Gasteiger partial charge in [0.1, 0.15) is 34.9 Å². The van der Waals surface area contributed by atoms with Crippen LogP contribution in [0.2, 0.25) is 0 Å². The number of amides is 6. The third kappa shape index (κ3) is 17.8. The van der Waals surface area contributed by atoms with Gasteiger partial charge in [-0.3, -0.25) is 71.9 Å². The van der Waals surface area contributed by atoms with E-state index in [2.05, 4.69) is 59.4 Å². The quantitative estimate of drug-likeness (QED) is 0.0143. The molecule has 3 aliphatic carbocycles. The van der Waals surface area contributed by atoms with E-state index in [-0.39, 0.29) is 102 Å². The summed E-state index contributed by atoms with van der Waals surface area (Å²) in [5.74, 6) is 3.93. The number of nitrogens with zero attached hydrogens (tertiary/aromatic N) is 11. The van der Waals surface area contributed by atoms with Crippen molar-refractivity contribution in [2.45, 2.75) is 209 Å². The lowest BCUT2D eigenvalue weighted by atomic mass is 9.79. The Morgan fingerprint density at radius 1 is 0.580 bits per heavy atom. The first kappa shape index (κ1) is 82.9. The molecular weight excluding hydrogens is 1540 g/mol. The summed E-state index contributed by atoms with van der Waals surface area (Å²) in [6.45, 7) is 8.38. The minimum Gasteiger partial charge on any atom is -0.386 e. The number of halogens is 6. The summed E-state index contributed by atoms with van der Waals surface area (Å²) in [6.07, 6.45) is 7.05. The van der Waals surface area contributed by atoms with E-state index in [1.54, 1.807) is 76.7 Å². The van der Waals surface area contributed by atoms with E-state index in [0.29, 0.717) is 80.9 Å². The van der Waals surface area contributed by atoms with Crippen LogP contribution in [0.4, 0.5) is 37.7 Å². The molecule has 5 fully saturated rings. The van der Waals surface area contributed by atoms with E-state index in [4.69, 9.17) is 10.2 Å². The zero-order chi connectivity index (χ0) is 84.3. The summed E-state index contributed by atoms with van der Waals surface area (Å²) < 4.78 is 92.2. The summed E-state index contributed by atoms with van der Waals surface area (Å²) >= 11 is 0. The van der Waals surface area contributed by atoms with Gasteiger partial charge in [0.05, 0.1) is 56.4 Å². The van der Waals surface area contributed by atoms with Gasteiger partial charge in [0, 0.05) is 110 Å². The molecule has 3 unspecified atom stereocenters. The van der Waals surface area contributed by atoms with E-state index < -0.39 is 82.0 Å². The average molecular weight is 1640 g/mol. The number of aromatic nitrogens is 10. The first-order valence-electron chi connectivity index (χ1n) is 40.8. The summed E-state index contributed by atoms with van der Waals surface area (Å²) in [5, 5.41) is 48.6. The van der Waals surface area contributed by atoms with E-state index in [0.717, 1.165) is 125 Å². The number of aryl methyl sites for hydroxylation is 2. The standard InChI is InChI=1S/C87H96F6N16O10/c1-84(2,118)59-43-63-54(41-65(59)97-78(112)61-15-11-18-73(95-61)86(88,89)90)46-106(101-63)57-29-22-51(23-30-57)45-105(56-27-20-50(21-28-56)39-53-14-10-17-69-77(53)104(6)83(117)109(69)71-35-37-76(111)100-81(71)115)48-67(94-38-9-7-8-13-49-24-33-68-72(40-49)103(5)82(116)108(68)70-34-36-75(110)99-80(70)114)52-25-31-58(32-26-52)107-47-55-42-66(60(85(3,4)119)44-64(55)102-107)98-79(113)62-16-12-19-74(96-62)87(91,92)93/h10-12,14-19,24,33,40-44,46-47,50-52,56-58,67,70-71,94,118-119H,7,9,20-23,25-32,34-39,45,48H2,1-6H3,(H,97,112)(H,98,113)(H,99,110,114)(H,100,111,115). The molecule has 4 aromatic carbocycles. The fraction of sp³-hybridized carbons (Fsp3) is 0.471. The largest absolute Gasteiger partial charge is 0.433 e. The van der Waals surface area contributed by atoms with E-state index in [1.807, 2.05) is 46.0 Å². The Kier molecular flexibility index (Phi) is 23.2. The van der Waals surface area contributed by atoms with Crippen molar-refractivity contribution in [1.82, 2.24) is 68.6 Å². The number of imide groups is 2. The molecule has 626 valence electrons. The Labute approximate surface area is 680 Å². The van der Waals surface area contributed by atoms with Gasteiger partial charge in [-0.25, -0.2) is 19.6 Å². The number of nitrogens with one attached hydrogen (secondary N) is 5. The molecule has 5 aliphatic rings. The van der Waals surface area contributed by atoms with Gasteiger partial charge in [0.15, 0.2) is 0 Å². The molecule has 0 spiro atoms. The zero-order valence-electron chi connectivity index (χ0n) is 67.0. The molecule has 3 atom stereocenters. The highest BCUT2D eigenvalue weighted by Gasteiger charge is 2.40. The number of carbonyl (C=O) groups excluding carboxylic acids is 6. The van der Waals surface area contributed by atoms with Gasteiger partial charge in [-0.15, -0.1) is 0 Å². The zero-order valence-corrected chi connectivity index (χ0v) is 67.0. The third-order valence-corrected chi connectivity index (χ3v) is 24.8. The molecule has 2 saturated heterocycles. The number of unbranched alkanes of at least 4 members (excludes halogenated alkanes) is 1. The number of hydrogen-bond donors (Lipinski definition) is 7. The Balaban J connectivity index is 0.694. The van der Waals surface area contributed by atoms with Crippen molar-refractivity contribution in [2.75, 3.05) is 30.3 Å². The third-order valence-electron chi connectivity index (χ3n) is 24.8. The number of benzene rings is 4. The summed E-state index contributed by atoms with van der Waals surface area (Å²) in [6, 6.07) is 22.7. The average Bonchev–Trinajstić information content (AvgIpc) is 1.61. The van der Waals surface area contributed by atoms with Crippen LogP contribution in [0.5, 0.6) is 0 Å². The Morgan fingerprint density at radius 3 is 1.61 bits per heavy atom. The number of piperidine rings is 2. The molecule has 119 heavy (non-hydrogen) atoms. The highest BCUT2D eigenvalue weighted by atomic mass is 19.4. The van der Waals surface area contributed by atoms with Crippen LogP contribution in [-0.4, -0.2) is 130 Å². The number of pyridine rings is 2. The van der Waals surface area contributed by atoms with Crippen molar-refractivity contribution in [3.05, 3.63) is 175 Å². The fourth-order valence-electron chi connectivity index (χ4n) is 18.5. The normalized spacial score (nSPS) is 21.4. The number of aliphatic hydroxyl groups is 2. The summed E-state index contributed by atoms with van der Waals surface area (Å²) in [5.41, 5.74) is -0.618. The van der Waals surface area contributed by atoms with Crippen LogP contribution in [0.3, 0.4) is 0 Å². The molecule has 10 aromatic rings. The van der Waals surface area contributed by atoms with E-state index >= 15 is 0 Å². The maximum atomic E-state index is 14.1. The lowest BCUT2D eigenvalue weighted by molar-refractivity contribution is -0.142. The first-order valence-corrected chi connectivity index (χ1v) is 40.8. The smallest absolute Gasteiger partial charge is 0.386 e. The number of hydrogen-bond acceptors (Lipinski definition) is 16. The molecule has 0 bridgehead atoms. The van der Waals surface area contributed by atoms with Crippen molar-refractivity contribution < 1.29 is 65.3 Å². The minimum absolute atomic E-state index is 0.00360. The number of anilines is 2. The Hall–Kier alpha value is -11.1. The number of alkyl halides is 6. The second-order valence-corrected chi connectivity index (χ2v) is 33.9. The monoisotopic (exact) mass is 1640 g/mol. The van der Waals surface area contributed by atoms with Crippen LogP contribution in [-0.2, 0) is 63.2 Å². The van der Waals surface area contributed by atoms with Crippen molar-refractivity contribution in [3.8, 4) is 11.8 Å². The van der Waals surface area contributed by atoms with Crippen LogP contribution in [0.15, 0.2) is 119 Å². The van der Waals surface area contributed by atoms with Gasteiger partial charge in [-0.05, 0) is 233 Å². The maximum Gasteiger partial charge on any atom is 0.433 e. The molecule has 7 N–H and O–H groups in total. The summed E-state index contributed by atoms with van der Waals surface area (Å²) in [4.78, 5) is 115. The second kappa shape index (κ2) is 33.2. The Bertz CT molecular complexity index is 5800. The molecule has 32 heteroatoms. The highest BCUT2D eigenvalue weighted by molar-refractivity contribution is 6.06. The number of imidazole rings is 2. The predicted octanol–water partition coefficient (Wildman–Crippen LogP) is 12.5. The number of para-hydroxylation sites is 1. The van der Waals surface area contributed by atoms with Crippen LogP contribution in [0.25, 0.3) is 43.9 Å². The lowest BCUT2D eigenvalue weighted by Crippen LogP contribution is -2.52. The van der Waals surface area contributed by atoms with E-state index in [1.165, 1.54) is 25.8 Å². The van der Waals surface area contributed by atoms with Gasteiger partial charge < -0.3 is 26.2 Å². The second-order valence-electron chi connectivity index (χ2n) is 33.9. The molecule has 0 radical (unpaired) electrons. The molecule has 3 saturated carbocycles. The molecular formula is C87H96F6N16O10. The molecule has 15 rings (SSSR count). The lowest BCUT2D eigenvalue weighted by Gasteiger charge is -2.44. The van der Waals surface area contributed by atoms with Crippen LogP contribution in [0, 0.1) is 29.6 Å². The maximum absolute atomic E-state index is 14.1. The molecule has 26 nitrogen and oxygen atoms in total. The fourth-order valence-corrected chi connectivity index (χ4v) is 18.5. The SMILES string of the molecule is Cn1c(=O)n(C2CCC(=O)NC2=O)c2ccc(C#CCCCNC(CN(CC3CCC(n4cc5cc(NC(=O)c6cccc(C(F)(F)F)n6)c(C(C)(C)O)cc5n4)CC3)C3CCC(Cc4cccc5c4n(C)c(=O)n5C4CCC(=O)NC4=O)CC3)C3CCC(n4cc5cc(NC(=O)c6cccc(C(F)(F)F)n6)c(C(C)(C)O)cc5n4)CC3)cc21. The Morgan fingerprint density at radius 2 is 1.08 bits per heavy atom. The number of rotatable bonds is 22. The number of carbonyl (C=O) groups is 6. The van der Waals surface area contributed by atoms with Crippen molar-refractivity contribution in [3.63, 3.8) is 0 Å². The molecule has 6 amide bonds. The summed E-state index contributed by atoms with van der Waals surface area (Å²) in [7, 11) is 3.38. The van der Waals surface area contributed by atoms with Crippen LogP contribution < -0.4 is 38.0 Å². The van der Waals surface area contributed by atoms with Gasteiger partial charge in [-0.1, -0.05) is 36.1 Å². The van der Waals surface area contributed by atoms with Gasteiger partial charge >= 0.3 is 23.7 Å². The topological polar surface area (TPSA) is 322 Å². The molecule has 2 aliphatic heterocycles. The molecule has 6 aromatic heterocycles. The highest BCUT2D eigenvalue weighted by Crippen LogP contribution is 2.43. The van der Waals surface area contributed by atoms with Crippen molar-refractivity contribution in [1.29, 1.82) is 0 Å². The van der Waals surface area contributed by atoms with Crippen molar-refractivity contribution in [2.24, 2.45) is 31.8 Å². The predicted molar refractivity (Wildman–Crippen MR) is 432 cm³/mol. The molecule has 8 heterocycles. The van der Waals surface area contributed by atoms with Gasteiger partial charge in [-0.2, -0.15) is 36.5 Å². The van der Waals surface area contributed by atoms with Crippen LogP contribution >= 0.6 is 0 Å². The minimum atomic E-state index is -4.78. The van der Waals surface area contributed by atoms with Crippen molar-refractivity contribution >= 4 is 90.7 Å². The number of fused-ring (bicyclic) bond motifs is 4. The first-order chi connectivity index (χ1) is 56.6. The van der Waals surface area contributed by atoms with Gasteiger partial charge in [0.2, 0.25) is 23.6 Å².